The normalized spacial score (nSPS) is 11.7. The molecule has 0 spiro atoms. The van der Waals surface area contributed by atoms with Crippen molar-refractivity contribution in [2.75, 3.05) is 12.8 Å². The molecule has 0 aliphatic rings. The van der Waals surface area contributed by atoms with Crippen LogP contribution >= 0.6 is 0 Å². The highest BCUT2D eigenvalue weighted by molar-refractivity contribution is 6.06. The lowest BCUT2D eigenvalue weighted by Crippen LogP contribution is -2.03. The number of nitrogen functional groups attached to an aromatic ring is 1. The standard InChI is InChI=1S/C24H26N4O/c1-3-21-27-22-23(19-10-6-7-11-20(19)26-24(22)25)28(21)16-8-4-5-9-17-12-14-18(29-2)15-13-17/h5-7,9-15H,3-4,8,16H2,1-2H3,(H2,25,26). The molecule has 2 heterocycles. The molecule has 5 heteroatoms. The van der Waals surface area contributed by atoms with E-state index in [2.05, 4.69) is 46.8 Å². The summed E-state index contributed by atoms with van der Waals surface area (Å²) in [5, 5.41) is 1.11. The molecular weight excluding hydrogens is 360 g/mol. The van der Waals surface area contributed by atoms with Crippen molar-refractivity contribution in [3.63, 3.8) is 0 Å². The summed E-state index contributed by atoms with van der Waals surface area (Å²) in [6.07, 6.45) is 7.27. The van der Waals surface area contributed by atoms with Crippen LogP contribution in [0.4, 0.5) is 5.82 Å². The molecule has 0 aliphatic carbocycles. The van der Waals surface area contributed by atoms with Crippen molar-refractivity contribution in [3.05, 3.63) is 66.0 Å². The molecule has 2 aromatic carbocycles. The monoisotopic (exact) mass is 386 g/mol. The zero-order valence-corrected chi connectivity index (χ0v) is 16.9. The third kappa shape index (κ3) is 3.81. The van der Waals surface area contributed by atoms with Gasteiger partial charge >= 0.3 is 0 Å². The number of anilines is 1. The predicted octanol–water partition coefficient (Wildman–Crippen LogP) is 5.23. The molecular formula is C24H26N4O. The number of ether oxygens (including phenoxy) is 1. The molecule has 2 aromatic heterocycles. The van der Waals surface area contributed by atoms with Crippen LogP contribution in [0.5, 0.6) is 5.75 Å². The molecule has 0 fully saturated rings. The Morgan fingerprint density at radius 1 is 1.07 bits per heavy atom. The van der Waals surface area contributed by atoms with Crippen LogP contribution in [0.25, 0.3) is 28.0 Å². The Kier molecular flexibility index (Phi) is 5.47. The smallest absolute Gasteiger partial charge is 0.152 e. The summed E-state index contributed by atoms with van der Waals surface area (Å²) in [5.41, 5.74) is 10.2. The van der Waals surface area contributed by atoms with Gasteiger partial charge in [-0.3, -0.25) is 0 Å². The van der Waals surface area contributed by atoms with Gasteiger partial charge in [0.15, 0.2) is 5.82 Å². The average molecular weight is 386 g/mol. The Labute approximate surface area is 170 Å². The highest BCUT2D eigenvalue weighted by Crippen LogP contribution is 2.29. The van der Waals surface area contributed by atoms with Crippen molar-refractivity contribution < 1.29 is 4.74 Å². The number of para-hydroxylation sites is 1. The van der Waals surface area contributed by atoms with Crippen LogP contribution < -0.4 is 10.5 Å². The first kappa shape index (κ1) is 19.0. The van der Waals surface area contributed by atoms with Crippen LogP contribution in [0.15, 0.2) is 54.6 Å². The van der Waals surface area contributed by atoms with Crippen molar-refractivity contribution in [2.24, 2.45) is 0 Å². The molecule has 0 aliphatic heterocycles. The van der Waals surface area contributed by atoms with E-state index in [1.807, 2.05) is 30.3 Å². The van der Waals surface area contributed by atoms with Crippen LogP contribution in [0.3, 0.4) is 0 Å². The number of unbranched alkanes of at least 4 members (excludes halogenated alkanes) is 1. The number of methoxy groups -OCH3 is 1. The quantitative estimate of drug-likeness (QED) is 0.442. The van der Waals surface area contributed by atoms with E-state index in [0.29, 0.717) is 5.82 Å². The molecule has 5 nitrogen and oxygen atoms in total. The summed E-state index contributed by atoms with van der Waals surface area (Å²) < 4.78 is 7.52. The summed E-state index contributed by atoms with van der Waals surface area (Å²) in [6.45, 7) is 3.03. The third-order valence-corrected chi connectivity index (χ3v) is 5.18. The van der Waals surface area contributed by atoms with Crippen LogP contribution in [0.1, 0.15) is 31.2 Å². The molecule has 4 aromatic rings. The minimum absolute atomic E-state index is 0.506. The second kappa shape index (κ2) is 8.35. The van der Waals surface area contributed by atoms with Crippen molar-refractivity contribution >= 4 is 33.8 Å². The minimum atomic E-state index is 0.506. The number of fused-ring (bicyclic) bond motifs is 3. The Morgan fingerprint density at radius 2 is 1.86 bits per heavy atom. The Morgan fingerprint density at radius 3 is 2.62 bits per heavy atom. The van der Waals surface area contributed by atoms with Gasteiger partial charge in [0, 0.05) is 18.4 Å². The van der Waals surface area contributed by atoms with Gasteiger partial charge in [0.1, 0.15) is 17.1 Å². The van der Waals surface area contributed by atoms with Gasteiger partial charge in [-0.05, 0) is 36.6 Å². The fourth-order valence-corrected chi connectivity index (χ4v) is 3.72. The summed E-state index contributed by atoms with van der Waals surface area (Å²) >= 11 is 0. The number of aromatic nitrogens is 3. The number of rotatable bonds is 7. The lowest BCUT2D eigenvalue weighted by molar-refractivity contribution is 0.415. The number of benzene rings is 2. The van der Waals surface area contributed by atoms with Crippen LogP contribution in [-0.4, -0.2) is 21.6 Å². The van der Waals surface area contributed by atoms with E-state index in [1.165, 1.54) is 5.56 Å². The Hall–Kier alpha value is -3.34. The van der Waals surface area contributed by atoms with E-state index in [1.54, 1.807) is 7.11 Å². The molecule has 0 bridgehead atoms. The first-order valence-electron chi connectivity index (χ1n) is 10.0. The highest BCUT2D eigenvalue weighted by atomic mass is 16.5. The number of aryl methyl sites for hydroxylation is 2. The summed E-state index contributed by atoms with van der Waals surface area (Å²) in [4.78, 5) is 9.32. The predicted molar refractivity (Wildman–Crippen MR) is 120 cm³/mol. The summed E-state index contributed by atoms with van der Waals surface area (Å²) in [5.74, 6) is 2.44. The molecule has 0 radical (unpaired) electrons. The molecule has 29 heavy (non-hydrogen) atoms. The molecule has 0 amide bonds. The van der Waals surface area contributed by atoms with E-state index in [0.717, 1.165) is 59.3 Å². The van der Waals surface area contributed by atoms with Crippen LogP contribution in [0, 0.1) is 0 Å². The third-order valence-electron chi connectivity index (χ3n) is 5.18. The van der Waals surface area contributed by atoms with E-state index < -0.39 is 0 Å². The number of hydrogen-bond donors (Lipinski definition) is 1. The van der Waals surface area contributed by atoms with E-state index in [9.17, 15) is 0 Å². The second-order valence-corrected chi connectivity index (χ2v) is 7.06. The zero-order valence-electron chi connectivity index (χ0n) is 16.9. The number of allylic oxidation sites excluding steroid dienone is 1. The maximum atomic E-state index is 6.21. The SMILES string of the molecule is CCc1nc2c(N)nc3ccccc3c2n1CCCC=Cc1ccc(OC)cc1. The molecule has 4 rings (SSSR count). The van der Waals surface area contributed by atoms with Crippen molar-refractivity contribution in [1.29, 1.82) is 0 Å². The van der Waals surface area contributed by atoms with Crippen LogP contribution in [0.2, 0.25) is 0 Å². The maximum Gasteiger partial charge on any atom is 0.152 e. The van der Waals surface area contributed by atoms with E-state index in [-0.39, 0.29) is 0 Å². The first-order chi connectivity index (χ1) is 14.2. The van der Waals surface area contributed by atoms with E-state index >= 15 is 0 Å². The number of nitrogens with zero attached hydrogens (tertiary/aromatic N) is 3. The Balaban J connectivity index is 1.55. The van der Waals surface area contributed by atoms with Gasteiger partial charge in [0.25, 0.3) is 0 Å². The van der Waals surface area contributed by atoms with Gasteiger partial charge in [-0.25, -0.2) is 9.97 Å². The van der Waals surface area contributed by atoms with Crippen molar-refractivity contribution in [1.82, 2.24) is 14.5 Å². The lowest BCUT2D eigenvalue weighted by Gasteiger charge is -2.09. The van der Waals surface area contributed by atoms with Crippen molar-refractivity contribution in [3.8, 4) is 5.75 Å². The fraction of sp³-hybridized carbons (Fsp3) is 0.250. The van der Waals surface area contributed by atoms with Gasteiger partial charge in [-0.1, -0.05) is 49.4 Å². The second-order valence-electron chi connectivity index (χ2n) is 7.06. The van der Waals surface area contributed by atoms with Gasteiger partial charge in [0.2, 0.25) is 0 Å². The number of pyridine rings is 1. The lowest BCUT2D eigenvalue weighted by atomic mass is 10.1. The summed E-state index contributed by atoms with van der Waals surface area (Å²) in [6, 6.07) is 16.2. The van der Waals surface area contributed by atoms with Gasteiger partial charge in [-0.15, -0.1) is 0 Å². The molecule has 2 N–H and O–H groups in total. The average Bonchev–Trinajstić information content (AvgIpc) is 3.13. The van der Waals surface area contributed by atoms with Gasteiger partial charge in [-0.2, -0.15) is 0 Å². The number of imidazole rings is 1. The summed E-state index contributed by atoms with van der Waals surface area (Å²) in [7, 11) is 1.68. The first-order valence-corrected chi connectivity index (χ1v) is 10.0. The van der Waals surface area contributed by atoms with E-state index in [4.69, 9.17) is 15.5 Å². The van der Waals surface area contributed by atoms with Crippen molar-refractivity contribution in [2.45, 2.75) is 32.7 Å². The molecule has 0 saturated heterocycles. The maximum absolute atomic E-state index is 6.21. The molecule has 148 valence electrons. The molecule has 0 unspecified atom stereocenters. The minimum Gasteiger partial charge on any atom is -0.497 e. The Bertz CT molecular complexity index is 1160. The number of hydrogen-bond acceptors (Lipinski definition) is 4. The molecule has 0 saturated carbocycles. The molecule has 0 atom stereocenters. The topological polar surface area (TPSA) is 66.0 Å². The number of nitrogens with two attached hydrogens (primary N) is 1. The largest absolute Gasteiger partial charge is 0.497 e. The van der Waals surface area contributed by atoms with Gasteiger partial charge in [0.05, 0.1) is 18.1 Å². The van der Waals surface area contributed by atoms with Crippen LogP contribution in [-0.2, 0) is 13.0 Å². The highest BCUT2D eigenvalue weighted by Gasteiger charge is 2.15. The van der Waals surface area contributed by atoms with Gasteiger partial charge < -0.3 is 15.0 Å². The fourth-order valence-electron chi connectivity index (χ4n) is 3.72. The zero-order chi connectivity index (χ0) is 20.2.